The molecule has 1 saturated heterocycles. The van der Waals surface area contributed by atoms with E-state index in [0.717, 1.165) is 4.90 Å². The van der Waals surface area contributed by atoms with Gasteiger partial charge < -0.3 is 35.7 Å². The fourth-order valence-corrected chi connectivity index (χ4v) is 1.52. The third-order valence-corrected chi connectivity index (χ3v) is 2.82. The topological polar surface area (TPSA) is 179 Å². The summed E-state index contributed by atoms with van der Waals surface area (Å²) in [7, 11) is 0. The number of hydrogen-bond acceptors (Lipinski definition) is 8. The largest absolute Gasteiger partial charge is 0.465 e. The lowest BCUT2D eigenvalue weighted by atomic mass is 10.0. The van der Waals surface area contributed by atoms with Gasteiger partial charge in [-0.2, -0.15) is 0 Å². The minimum atomic E-state index is -1.67. The van der Waals surface area contributed by atoms with Crippen molar-refractivity contribution in [2.24, 2.45) is 0 Å². The zero-order chi connectivity index (χ0) is 16.6. The molecule has 4 atom stereocenters. The molecule has 1 aliphatic rings. The van der Waals surface area contributed by atoms with E-state index in [1.165, 1.54) is 0 Å². The van der Waals surface area contributed by atoms with E-state index < -0.39 is 43.7 Å². The first kappa shape index (κ1) is 19.7. The van der Waals surface area contributed by atoms with Gasteiger partial charge >= 0.3 is 6.09 Å². The molecule has 0 aromatic rings. The Morgan fingerprint density at radius 2 is 1.48 bits per heavy atom. The molecule has 10 heteroatoms. The SMILES string of the molecule is O=C(O)N1CCCC1=O.OCC(O)C(O)C(O)C(O)CO. The van der Waals surface area contributed by atoms with Crippen LogP contribution in [0.4, 0.5) is 4.79 Å². The van der Waals surface area contributed by atoms with Gasteiger partial charge in [-0.1, -0.05) is 0 Å². The van der Waals surface area contributed by atoms with Crippen LogP contribution in [0.1, 0.15) is 12.8 Å². The van der Waals surface area contributed by atoms with Gasteiger partial charge in [-0.15, -0.1) is 0 Å². The van der Waals surface area contributed by atoms with Gasteiger partial charge in [0.1, 0.15) is 24.4 Å². The first-order valence-electron chi connectivity index (χ1n) is 6.23. The maximum absolute atomic E-state index is 10.6. The minimum absolute atomic E-state index is 0.275. The molecule has 1 rings (SSSR count). The Morgan fingerprint density at radius 1 is 1.05 bits per heavy atom. The average molecular weight is 311 g/mol. The van der Waals surface area contributed by atoms with Crippen molar-refractivity contribution in [3.63, 3.8) is 0 Å². The number of amides is 2. The summed E-state index contributed by atoms with van der Waals surface area (Å²) in [6.07, 6.45) is -6.47. The highest BCUT2D eigenvalue weighted by atomic mass is 16.4. The third kappa shape index (κ3) is 6.33. The van der Waals surface area contributed by atoms with E-state index in [-0.39, 0.29) is 5.91 Å². The summed E-state index contributed by atoms with van der Waals surface area (Å²) in [6.45, 7) is -1.08. The molecule has 124 valence electrons. The lowest BCUT2D eigenvalue weighted by Gasteiger charge is -2.24. The predicted octanol–water partition coefficient (Wildman–Crippen LogP) is -3.30. The van der Waals surface area contributed by atoms with Crippen LogP contribution in [0.25, 0.3) is 0 Å². The number of carbonyl (C=O) groups excluding carboxylic acids is 1. The zero-order valence-corrected chi connectivity index (χ0v) is 11.2. The summed E-state index contributed by atoms with van der Waals surface area (Å²) < 4.78 is 0. The minimum Gasteiger partial charge on any atom is -0.465 e. The second-order valence-electron chi connectivity index (χ2n) is 4.41. The van der Waals surface area contributed by atoms with E-state index in [1.54, 1.807) is 0 Å². The summed E-state index contributed by atoms with van der Waals surface area (Å²) in [5, 5.41) is 60.5. The van der Waals surface area contributed by atoms with Crippen LogP contribution in [0.5, 0.6) is 0 Å². The second kappa shape index (κ2) is 9.60. The Morgan fingerprint density at radius 3 is 1.67 bits per heavy atom. The van der Waals surface area contributed by atoms with Crippen molar-refractivity contribution >= 4 is 12.0 Å². The molecule has 1 fully saturated rings. The number of aliphatic hydroxyl groups excluding tert-OH is 6. The molecule has 0 aliphatic carbocycles. The van der Waals surface area contributed by atoms with Gasteiger partial charge in [0, 0.05) is 13.0 Å². The molecule has 4 unspecified atom stereocenters. The Balaban J connectivity index is 0.000000394. The lowest BCUT2D eigenvalue weighted by molar-refractivity contribution is -0.125. The highest BCUT2D eigenvalue weighted by Crippen LogP contribution is 2.08. The maximum Gasteiger partial charge on any atom is 0.414 e. The quantitative estimate of drug-likeness (QED) is 0.274. The molecule has 21 heavy (non-hydrogen) atoms. The Kier molecular flexibility index (Phi) is 9.01. The molecule has 10 nitrogen and oxygen atoms in total. The molecule has 0 aromatic carbocycles. The van der Waals surface area contributed by atoms with Gasteiger partial charge in [0.2, 0.25) is 5.91 Å². The Labute approximate surface area is 120 Å². The molecule has 1 heterocycles. The third-order valence-electron chi connectivity index (χ3n) is 2.82. The molecule has 0 spiro atoms. The van der Waals surface area contributed by atoms with Gasteiger partial charge in [-0.25, -0.2) is 9.69 Å². The molecular weight excluding hydrogens is 290 g/mol. The highest BCUT2D eigenvalue weighted by Gasteiger charge is 2.29. The molecule has 2 amide bonds. The number of rotatable bonds is 5. The number of nitrogens with zero attached hydrogens (tertiary/aromatic N) is 1. The first-order valence-corrected chi connectivity index (χ1v) is 6.23. The summed E-state index contributed by atoms with van der Waals surface area (Å²) in [4.78, 5) is 21.5. The summed E-state index contributed by atoms with van der Waals surface area (Å²) >= 11 is 0. The standard InChI is InChI=1S/C6H14O6.C5H7NO3/c7-1-3(9)5(11)6(12)4(10)2-8;7-4-2-1-3-6(4)5(8)9/h3-12H,1-2H2;1-3H2,(H,8,9). The maximum atomic E-state index is 10.6. The Hall–Kier alpha value is -1.30. The van der Waals surface area contributed by atoms with Crippen molar-refractivity contribution in [2.75, 3.05) is 19.8 Å². The number of likely N-dealkylation sites (tertiary alicyclic amines) is 1. The number of imide groups is 1. The zero-order valence-electron chi connectivity index (χ0n) is 11.2. The van der Waals surface area contributed by atoms with Crippen LogP contribution in [0.2, 0.25) is 0 Å². The second-order valence-corrected chi connectivity index (χ2v) is 4.41. The molecule has 0 aromatic heterocycles. The smallest absolute Gasteiger partial charge is 0.414 e. The van der Waals surface area contributed by atoms with Gasteiger partial charge in [-0.05, 0) is 6.42 Å². The summed E-state index contributed by atoms with van der Waals surface area (Å²) in [6, 6.07) is 0. The fraction of sp³-hybridized carbons (Fsp3) is 0.818. The lowest BCUT2D eigenvalue weighted by Crippen LogP contribution is -2.46. The number of hydrogen-bond donors (Lipinski definition) is 7. The van der Waals surface area contributed by atoms with E-state index in [0.29, 0.717) is 19.4 Å². The van der Waals surface area contributed by atoms with Crippen LogP contribution >= 0.6 is 0 Å². The number of carbonyl (C=O) groups is 2. The normalized spacial score (nSPS) is 20.3. The van der Waals surface area contributed by atoms with Crippen molar-refractivity contribution in [3.05, 3.63) is 0 Å². The summed E-state index contributed by atoms with van der Waals surface area (Å²) in [5.41, 5.74) is 0. The molecule has 0 bridgehead atoms. The van der Waals surface area contributed by atoms with Crippen molar-refractivity contribution in [1.29, 1.82) is 0 Å². The van der Waals surface area contributed by atoms with Crippen molar-refractivity contribution in [3.8, 4) is 0 Å². The van der Waals surface area contributed by atoms with Crippen molar-refractivity contribution in [1.82, 2.24) is 4.90 Å². The highest BCUT2D eigenvalue weighted by molar-refractivity contribution is 5.92. The van der Waals surface area contributed by atoms with Crippen molar-refractivity contribution < 1.29 is 45.3 Å². The van der Waals surface area contributed by atoms with Crippen LogP contribution in [-0.4, -0.2) is 96.8 Å². The Bertz CT molecular complexity index is 324. The molecular formula is C11H21NO9. The fourth-order valence-electron chi connectivity index (χ4n) is 1.52. The molecule has 0 radical (unpaired) electrons. The van der Waals surface area contributed by atoms with Crippen LogP contribution in [0.3, 0.4) is 0 Å². The van der Waals surface area contributed by atoms with E-state index in [1.807, 2.05) is 0 Å². The van der Waals surface area contributed by atoms with Crippen LogP contribution in [-0.2, 0) is 4.79 Å². The van der Waals surface area contributed by atoms with Gasteiger partial charge in [0.15, 0.2) is 0 Å². The van der Waals surface area contributed by atoms with E-state index >= 15 is 0 Å². The first-order chi connectivity index (χ1) is 9.76. The number of aliphatic hydroxyl groups is 6. The average Bonchev–Trinajstić information content (AvgIpc) is 2.90. The van der Waals surface area contributed by atoms with Gasteiger partial charge in [0.05, 0.1) is 13.2 Å². The van der Waals surface area contributed by atoms with E-state index in [2.05, 4.69) is 0 Å². The van der Waals surface area contributed by atoms with Crippen LogP contribution in [0, 0.1) is 0 Å². The molecule has 0 saturated carbocycles. The van der Waals surface area contributed by atoms with Gasteiger partial charge in [0.25, 0.3) is 0 Å². The molecule has 7 N–H and O–H groups in total. The number of carboxylic acid groups (broad SMARTS) is 1. The van der Waals surface area contributed by atoms with Crippen LogP contribution < -0.4 is 0 Å². The summed E-state index contributed by atoms with van der Waals surface area (Å²) in [5.74, 6) is -0.275. The van der Waals surface area contributed by atoms with E-state index in [4.69, 9.17) is 35.7 Å². The van der Waals surface area contributed by atoms with Gasteiger partial charge in [-0.3, -0.25) is 4.79 Å². The predicted molar refractivity (Wildman–Crippen MR) is 67.2 cm³/mol. The van der Waals surface area contributed by atoms with Crippen LogP contribution in [0.15, 0.2) is 0 Å². The van der Waals surface area contributed by atoms with Crippen molar-refractivity contribution in [2.45, 2.75) is 37.3 Å². The molecule has 1 aliphatic heterocycles. The monoisotopic (exact) mass is 311 g/mol. The van der Waals surface area contributed by atoms with E-state index in [9.17, 15) is 9.59 Å².